The summed E-state index contributed by atoms with van der Waals surface area (Å²) in [5, 5.41) is 2.76. The number of carbonyl (C=O) groups excluding carboxylic acids is 3. The number of hydrogen-bond donors (Lipinski definition) is 2. The van der Waals surface area contributed by atoms with Gasteiger partial charge in [-0.05, 0) is 74.9 Å². The van der Waals surface area contributed by atoms with Gasteiger partial charge in [-0.25, -0.2) is 9.78 Å². The lowest BCUT2D eigenvalue weighted by Gasteiger charge is -2.35. The van der Waals surface area contributed by atoms with Crippen LogP contribution >= 0.6 is 0 Å². The van der Waals surface area contributed by atoms with Crippen LogP contribution in [0.25, 0.3) is 28.3 Å². The fraction of sp³-hybridized carbons (Fsp3) is 0.303. The lowest BCUT2D eigenvalue weighted by molar-refractivity contribution is -0.136. The summed E-state index contributed by atoms with van der Waals surface area (Å²) in [6.45, 7) is 6.40. The molecule has 5 rings (SSSR count). The Morgan fingerprint density at radius 1 is 0.979 bits per heavy atom. The molecule has 3 N–H and O–H groups in total. The number of nitrogen functional groups attached to an aromatic ring is 1. The summed E-state index contributed by atoms with van der Waals surface area (Å²) in [6, 6.07) is 10.1. The Labute approximate surface area is 268 Å². The zero-order valence-corrected chi connectivity index (χ0v) is 25.9. The maximum atomic E-state index is 14.1. The Hall–Kier alpha value is -5.40. The first kappa shape index (κ1) is 33.0. The Morgan fingerprint density at radius 2 is 1.70 bits per heavy atom. The van der Waals surface area contributed by atoms with E-state index in [4.69, 9.17) is 14.9 Å². The molecule has 0 spiro atoms. The van der Waals surface area contributed by atoms with Gasteiger partial charge in [0, 0.05) is 55.6 Å². The monoisotopic (exact) mass is 650 g/mol. The minimum Gasteiger partial charge on any atom is -0.459 e. The number of furan rings is 1. The molecule has 47 heavy (non-hydrogen) atoms. The fourth-order valence-corrected chi connectivity index (χ4v) is 4.86. The highest BCUT2D eigenvalue weighted by Gasteiger charge is 2.35. The number of nitrogens with one attached hydrogen (secondary N) is 1. The van der Waals surface area contributed by atoms with Crippen molar-refractivity contribution in [2.24, 2.45) is 0 Å². The number of alkyl halides is 3. The SMILES string of the molecule is CC(C)(C)OC(=O)N1CCN(C(=O)c2ccc(-c3cc(C(F)(F)F)c4oc(CNC(=O)/C=C/c5ccc(N)nc5)cc4c3)nc2)CC1. The maximum Gasteiger partial charge on any atom is 0.420 e. The molecule has 0 bridgehead atoms. The summed E-state index contributed by atoms with van der Waals surface area (Å²) in [5.74, 6) is -0.327. The number of carbonyl (C=O) groups is 3. The van der Waals surface area contributed by atoms with Gasteiger partial charge in [-0.15, -0.1) is 0 Å². The third-order valence-electron chi connectivity index (χ3n) is 7.17. The largest absolute Gasteiger partial charge is 0.459 e. The van der Waals surface area contributed by atoms with Crippen LogP contribution in [0, 0.1) is 0 Å². The van der Waals surface area contributed by atoms with E-state index in [9.17, 15) is 27.6 Å². The Morgan fingerprint density at radius 3 is 2.32 bits per heavy atom. The van der Waals surface area contributed by atoms with Gasteiger partial charge in [0.15, 0.2) is 0 Å². The van der Waals surface area contributed by atoms with Crippen LogP contribution in [0.2, 0.25) is 0 Å². The molecule has 1 fully saturated rings. The van der Waals surface area contributed by atoms with E-state index in [1.807, 2.05) is 0 Å². The van der Waals surface area contributed by atoms with Crippen LogP contribution in [0.4, 0.5) is 23.8 Å². The Bertz CT molecular complexity index is 1800. The molecule has 4 heterocycles. The van der Waals surface area contributed by atoms with Crippen LogP contribution in [0.3, 0.4) is 0 Å². The predicted octanol–water partition coefficient (Wildman–Crippen LogP) is 5.51. The van der Waals surface area contributed by atoms with E-state index in [0.29, 0.717) is 37.6 Å². The van der Waals surface area contributed by atoms with Gasteiger partial charge < -0.3 is 30.0 Å². The molecule has 3 amide bonds. The lowest BCUT2D eigenvalue weighted by Crippen LogP contribution is -2.51. The lowest BCUT2D eigenvalue weighted by atomic mass is 10.0. The van der Waals surface area contributed by atoms with Crippen LogP contribution < -0.4 is 11.1 Å². The van der Waals surface area contributed by atoms with E-state index in [2.05, 4.69) is 15.3 Å². The smallest absolute Gasteiger partial charge is 0.420 e. The van der Waals surface area contributed by atoms with Crippen molar-refractivity contribution in [1.29, 1.82) is 0 Å². The van der Waals surface area contributed by atoms with Gasteiger partial charge in [-0.2, -0.15) is 13.2 Å². The highest BCUT2D eigenvalue weighted by molar-refractivity contribution is 5.95. The van der Waals surface area contributed by atoms with Crippen molar-refractivity contribution in [3.05, 3.63) is 83.4 Å². The molecule has 0 atom stereocenters. The first-order valence-corrected chi connectivity index (χ1v) is 14.7. The molecular formula is C33H33F3N6O5. The van der Waals surface area contributed by atoms with E-state index in [0.717, 1.165) is 6.07 Å². The van der Waals surface area contributed by atoms with Gasteiger partial charge in [0.05, 0.1) is 23.4 Å². The third kappa shape index (κ3) is 8.26. The summed E-state index contributed by atoms with van der Waals surface area (Å²) in [5.41, 5.74) is 4.85. The van der Waals surface area contributed by atoms with Crippen molar-refractivity contribution in [2.75, 3.05) is 31.9 Å². The molecule has 1 saturated heterocycles. The van der Waals surface area contributed by atoms with Crippen molar-refractivity contribution in [1.82, 2.24) is 25.1 Å². The minimum atomic E-state index is -4.74. The summed E-state index contributed by atoms with van der Waals surface area (Å²) >= 11 is 0. The number of benzene rings is 1. The van der Waals surface area contributed by atoms with Gasteiger partial charge in [-0.1, -0.05) is 0 Å². The highest BCUT2D eigenvalue weighted by Crippen LogP contribution is 2.39. The van der Waals surface area contributed by atoms with Gasteiger partial charge in [0.1, 0.15) is 22.8 Å². The molecule has 0 saturated carbocycles. The second-order valence-electron chi connectivity index (χ2n) is 11.9. The molecule has 14 heteroatoms. The standard InChI is InChI=1S/C33H33F3N6O5/c1-32(2,3)47-31(45)42-12-10-41(11-13-42)30(44)21-6-7-26(38-18-21)22-14-23-15-24(46-29(23)25(16-22)33(34,35)36)19-40-28(43)9-5-20-4-8-27(37)39-17-20/h4-9,14-18H,10-13,19H2,1-3H3,(H2,37,39)(H,40,43)/b9-5+. The Balaban J connectivity index is 1.27. The molecular weight excluding hydrogens is 617 g/mol. The summed E-state index contributed by atoms with van der Waals surface area (Å²) in [7, 11) is 0. The topological polar surface area (TPSA) is 144 Å². The van der Waals surface area contributed by atoms with E-state index < -0.39 is 29.3 Å². The maximum absolute atomic E-state index is 14.1. The summed E-state index contributed by atoms with van der Waals surface area (Å²) in [6.07, 6.45) is 0.415. The zero-order valence-electron chi connectivity index (χ0n) is 25.9. The van der Waals surface area contributed by atoms with Crippen LogP contribution in [0.15, 0.2) is 65.4 Å². The number of rotatable bonds is 6. The molecule has 0 unspecified atom stereocenters. The normalized spacial score (nSPS) is 14.1. The minimum absolute atomic E-state index is 0.124. The molecule has 0 aliphatic carbocycles. The van der Waals surface area contributed by atoms with Crippen molar-refractivity contribution >= 4 is 40.8 Å². The molecule has 0 radical (unpaired) electrons. The molecule has 246 valence electrons. The van der Waals surface area contributed by atoms with Crippen molar-refractivity contribution in [2.45, 2.75) is 39.1 Å². The fourth-order valence-electron chi connectivity index (χ4n) is 4.86. The van der Waals surface area contributed by atoms with Crippen molar-refractivity contribution < 1.29 is 36.7 Å². The number of halogens is 3. The first-order chi connectivity index (χ1) is 22.2. The van der Waals surface area contributed by atoms with Crippen LogP contribution in [-0.4, -0.2) is 69.5 Å². The molecule has 1 aliphatic heterocycles. The second-order valence-corrected chi connectivity index (χ2v) is 11.9. The number of pyridine rings is 2. The summed E-state index contributed by atoms with van der Waals surface area (Å²) < 4.78 is 53.2. The van der Waals surface area contributed by atoms with Crippen LogP contribution in [-0.2, 0) is 22.3 Å². The molecule has 4 aromatic rings. The number of ether oxygens (including phenoxy) is 1. The van der Waals surface area contributed by atoms with Crippen molar-refractivity contribution in [3.8, 4) is 11.3 Å². The van der Waals surface area contributed by atoms with Crippen LogP contribution in [0.1, 0.15) is 48.0 Å². The van der Waals surface area contributed by atoms with Gasteiger partial charge in [0.25, 0.3) is 5.91 Å². The average Bonchev–Trinajstić information content (AvgIpc) is 3.44. The first-order valence-electron chi connectivity index (χ1n) is 14.7. The number of fused-ring (bicyclic) bond motifs is 1. The molecule has 3 aromatic heterocycles. The van der Waals surface area contributed by atoms with Gasteiger partial charge >= 0.3 is 12.3 Å². The quantitative estimate of drug-likeness (QED) is 0.260. The average molecular weight is 651 g/mol. The zero-order chi connectivity index (χ0) is 33.9. The Kier molecular flexibility index (Phi) is 9.22. The highest BCUT2D eigenvalue weighted by atomic mass is 19.4. The van der Waals surface area contributed by atoms with Gasteiger partial charge in [-0.3, -0.25) is 14.6 Å². The predicted molar refractivity (Wildman–Crippen MR) is 168 cm³/mol. The van der Waals surface area contributed by atoms with Crippen LogP contribution in [0.5, 0.6) is 0 Å². The van der Waals surface area contributed by atoms with Gasteiger partial charge in [0.2, 0.25) is 5.91 Å². The number of anilines is 1. The number of nitrogens with two attached hydrogens (primary N) is 1. The van der Waals surface area contributed by atoms with Crippen molar-refractivity contribution in [3.63, 3.8) is 0 Å². The number of hydrogen-bond acceptors (Lipinski definition) is 8. The number of amides is 3. The number of aromatic nitrogens is 2. The molecule has 1 aliphatic rings. The number of piperazine rings is 1. The van der Waals surface area contributed by atoms with E-state index in [1.54, 1.807) is 37.8 Å². The van der Waals surface area contributed by atoms with E-state index in [-0.39, 0.29) is 46.0 Å². The van der Waals surface area contributed by atoms with E-state index in [1.165, 1.54) is 53.7 Å². The summed E-state index contributed by atoms with van der Waals surface area (Å²) in [4.78, 5) is 49.1. The molecule has 1 aromatic carbocycles. The van der Waals surface area contributed by atoms with E-state index >= 15 is 0 Å². The second kappa shape index (κ2) is 13.1. The molecule has 11 nitrogen and oxygen atoms in total. The third-order valence-corrected chi connectivity index (χ3v) is 7.17. The number of nitrogens with zero attached hydrogens (tertiary/aromatic N) is 4.